The largest absolute Gasteiger partial charge is 0.302 e. The lowest BCUT2D eigenvalue weighted by Gasteiger charge is -2.36. The van der Waals surface area contributed by atoms with Crippen molar-refractivity contribution in [3.63, 3.8) is 0 Å². The van der Waals surface area contributed by atoms with Crippen molar-refractivity contribution >= 4 is 11.8 Å². The predicted molar refractivity (Wildman–Crippen MR) is 79.3 cm³/mol. The molecule has 1 saturated heterocycles. The van der Waals surface area contributed by atoms with Crippen molar-refractivity contribution < 1.29 is 0 Å². The van der Waals surface area contributed by atoms with Crippen molar-refractivity contribution in [3.8, 4) is 0 Å². The summed E-state index contributed by atoms with van der Waals surface area (Å²) in [5.41, 5.74) is 1.59. The Labute approximate surface area is 115 Å². The molecule has 3 rings (SSSR count). The van der Waals surface area contributed by atoms with Gasteiger partial charge in [0.1, 0.15) is 0 Å². The van der Waals surface area contributed by atoms with Gasteiger partial charge in [-0.2, -0.15) is 0 Å². The molecule has 1 aromatic rings. The number of piperidine rings is 1. The van der Waals surface area contributed by atoms with Crippen LogP contribution in [-0.2, 0) is 0 Å². The van der Waals surface area contributed by atoms with Gasteiger partial charge in [-0.25, -0.2) is 0 Å². The zero-order chi connectivity index (χ0) is 12.5. The van der Waals surface area contributed by atoms with Crippen molar-refractivity contribution in [1.29, 1.82) is 0 Å². The number of rotatable bonds is 2. The maximum Gasteiger partial charge on any atom is 0.0108 e. The fraction of sp³-hybridized carbons (Fsp3) is 0.625. The first-order valence-electron chi connectivity index (χ1n) is 7.18. The van der Waals surface area contributed by atoms with E-state index < -0.39 is 0 Å². The maximum absolute atomic E-state index is 2.69. The Balaban J connectivity index is 1.65. The molecule has 98 valence electrons. The fourth-order valence-electron chi connectivity index (χ4n) is 3.21. The van der Waals surface area contributed by atoms with E-state index in [-0.39, 0.29) is 0 Å². The van der Waals surface area contributed by atoms with Crippen LogP contribution in [-0.4, -0.2) is 30.3 Å². The zero-order valence-corrected chi connectivity index (χ0v) is 12.2. The zero-order valence-electron chi connectivity index (χ0n) is 11.4. The maximum atomic E-state index is 2.69. The molecule has 0 N–H and O–H groups in total. The number of nitrogens with zero attached hydrogens (tertiary/aromatic N) is 1. The van der Waals surface area contributed by atoms with Crippen LogP contribution >= 0.6 is 11.8 Å². The highest BCUT2D eigenvalue weighted by molar-refractivity contribution is 7.99. The summed E-state index contributed by atoms with van der Waals surface area (Å²) in [7, 11) is 0. The Hall–Kier alpha value is -0.470. The van der Waals surface area contributed by atoms with Gasteiger partial charge in [0.15, 0.2) is 0 Å². The Bertz CT molecular complexity index is 417. The third-order valence-corrected chi connectivity index (χ3v) is 5.95. The molecule has 2 heterocycles. The Kier molecular flexibility index (Phi) is 3.67. The molecule has 0 aliphatic carbocycles. The Morgan fingerprint density at radius 1 is 1.22 bits per heavy atom. The smallest absolute Gasteiger partial charge is 0.0108 e. The molecular weight excluding hydrogens is 238 g/mol. The number of thioether (sulfide) groups is 1. The molecule has 0 aromatic heterocycles. The van der Waals surface area contributed by atoms with E-state index in [1.165, 1.54) is 36.7 Å². The first-order chi connectivity index (χ1) is 8.74. The van der Waals surface area contributed by atoms with E-state index >= 15 is 0 Å². The van der Waals surface area contributed by atoms with Crippen LogP contribution in [0.4, 0.5) is 0 Å². The second-order valence-electron chi connectivity index (χ2n) is 6.05. The number of hydrogen-bond acceptors (Lipinski definition) is 2. The molecule has 18 heavy (non-hydrogen) atoms. The third kappa shape index (κ3) is 2.46. The summed E-state index contributed by atoms with van der Waals surface area (Å²) in [5.74, 6) is 3.81. The van der Waals surface area contributed by atoms with Crippen molar-refractivity contribution in [1.82, 2.24) is 4.90 Å². The Morgan fingerprint density at radius 2 is 2.06 bits per heavy atom. The van der Waals surface area contributed by atoms with Crippen LogP contribution in [0.1, 0.15) is 31.7 Å². The van der Waals surface area contributed by atoms with Crippen LogP contribution in [0.2, 0.25) is 0 Å². The van der Waals surface area contributed by atoms with Crippen molar-refractivity contribution in [2.75, 3.05) is 25.4 Å². The second kappa shape index (κ2) is 5.26. The lowest BCUT2D eigenvalue weighted by atomic mass is 9.88. The minimum Gasteiger partial charge on any atom is -0.302 e. The fourth-order valence-corrected chi connectivity index (χ4v) is 4.45. The van der Waals surface area contributed by atoms with Gasteiger partial charge >= 0.3 is 0 Å². The van der Waals surface area contributed by atoms with Crippen molar-refractivity contribution in [3.05, 3.63) is 29.8 Å². The molecule has 2 aliphatic rings. The third-order valence-electron chi connectivity index (χ3n) is 4.70. The number of fused-ring (bicyclic) bond motifs is 1. The lowest BCUT2D eigenvalue weighted by Crippen LogP contribution is -2.40. The standard InChI is InChI=1S/C16H23NS/c1-12-7-8-17(9-13(12)2)10-14-11-18-16-6-4-3-5-15(14)16/h3-6,12-14H,7-11H2,1-2H3. The SMILES string of the molecule is CC1CCN(CC2CSc3ccccc32)CC1C. The summed E-state index contributed by atoms with van der Waals surface area (Å²) in [6, 6.07) is 8.97. The summed E-state index contributed by atoms with van der Waals surface area (Å²) in [6.45, 7) is 8.68. The lowest BCUT2D eigenvalue weighted by molar-refractivity contribution is 0.134. The normalized spacial score (nSPS) is 32.4. The minimum absolute atomic E-state index is 0.756. The van der Waals surface area contributed by atoms with E-state index in [0.29, 0.717) is 0 Å². The first kappa shape index (κ1) is 12.6. The Morgan fingerprint density at radius 3 is 2.89 bits per heavy atom. The van der Waals surface area contributed by atoms with E-state index in [1.807, 2.05) is 11.8 Å². The molecule has 0 saturated carbocycles. The summed E-state index contributed by atoms with van der Waals surface area (Å²) < 4.78 is 0. The minimum atomic E-state index is 0.756. The quantitative estimate of drug-likeness (QED) is 0.795. The van der Waals surface area contributed by atoms with Gasteiger partial charge in [-0.15, -0.1) is 11.8 Å². The molecule has 3 atom stereocenters. The van der Waals surface area contributed by atoms with E-state index in [0.717, 1.165) is 17.8 Å². The summed E-state index contributed by atoms with van der Waals surface area (Å²) in [6.07, 6.45) is 1.38. The highest BCUT2D eigenvalue weighted by Crippen LogP contribution is 2.40. The average Bonchev–Trinajstić information content (AvgIpc) is 2.78. The summed E-state index contributed by atoms with van der Waals surface area (Å²) >= 11 is 2.04. The monoisotopic (exact) mass is 261 g/mol. The molecule has 0 bridgehead atoms. The molecule has 1 aromatic carbocycles. The molecule has 1 nitrogen and oxygen atoms in total. The van der Waals surface area contributed by atoms with Crippen molar-refractivity contribution in [2.24, 2.45) is 11.8 Å². The van der Waals surface area contributed by atoms with Gasteiger partial charge in [-0.3, -0.25) is 0 Å². The molecule has 2 heteroatoms. The molecular formula is C16H23NS. The van der Waals surface area contributed by atoms with Crippen LogP contribution in [0.25, 0.3) is 0 Å². The van der Waals surface area contributed by atoms with E-state index in [9.17, 15) is 0 Å². The molecule has 1 fully saturated rings. The van der Waals surface area contributed by atoms with Crippen LogP contribution in [0, 0.1) is 11.8 Å². The number of benzene rings is 1. The van der Waals surface area contributed by atoms with Crippen molar-refractivity contribution in [2.45, 2.75) is 31.1 Å². The van der Waals surface area contributed by atoms with Crippen LogP contribution < -0.4 is 0 Å². The highest BCUT2D eigenvalue weighted by atomic mass is 32.2. The second-order valence-corrected chi connectivity index (χ2v) is 7.11. The van der Waals surface area contributed by atoms with Crippen LogP contribution in [0.5, 0.6) is 0 Å². The van der Waals surface area contributed by atoms with E-state index in [2.05, 4.69) is 43.0 Å². The summed E-state index contributed by atoms with van der Waals surface area (Å²) in [4.78, 5) is 4.21. The first-order valence-corrected chi connectivity index (χ1v) is 8.16. The van der Waals surface area contributed by atoms with E-state index in [4.69, 9.17) is 0 Å². The van der Waals surface area contributed by atoms with E-state index in [1.54, 1.807) is 5.56 Å². The van der Waals surface area contributed by atoms with Gasteiger partial charge in [0.2, 0.25) is 0 Å². The molecule has 2 aliphatic heterocycles. The van der Waals surface area contributed by atoms with Gasteiger partial charge in [0.05, 0.1) is 0 Å². The molecule has 0 radical (unpaired) electrons. The molecule has 0 spiro atoms. The average molecular weight is 261 g/mol. The van der Waals surface area contributed by atoms with Crippen LogP contribution in [0.15, 0.2) is 29.2 Å². The number of hydrogen-bond donors (Lipinski definition) is 0. The number of likely N-dealkylation sites (tertiary alicyclic amines) is 1. The van der Waals surface area contributed by atoms with Gasteiger partial charge in [-0.05, 0) is 36.4 Å². The predicted octanol–water partition coefficient (Wildman–Crippen LogP) is 3.85. The van der Waals surface area contributed by atoms with Gasteiger partial charge in [0, 0.05) is 29.7 Å². The van der Waals surface area contributed by atoms with Gasteiger partial charge in [-0.1, -0.05) is 32.0 Å². The van der Waals surface area contributed by atoms with Gasteiger partial charge in [0.25, 0.3) is 0 Å². The van der Waals surface area contributed by atoms with Crippen LogP contribution in [0.3, 0.4) is 0 Å². The molecule has 3 unspecified atom stereocenters. The summed E-state index contributed by atoms with van der Waals surface area (Å²) in [5, 5.41) is 0. The molecule has 0 amide bonds. The van der Waals surface area contributed by atoms with Gasteiger partial charge < -0.3 is 4.90 Å². The highest BCUT2D eigenvalue weighted by Gasteiger charge is 2.28. The topological polar surface area (TPSA) is 3.24 Å².